The van der Waals surface area contributed by atoms with E-state index in [2.05, 4.69) is 33.8 Å². The molecule has 1 N–H and O–H groups in total. The first kappa shape index (κ1) is 14.5. The van der Waals surface area contributed by atoms with Gasteiger partial charge in [0, 0.05) is 11.1 Å². The summed E-state index contributed by atoms with van der Waals surface area (Å²) in [6.07, 6.45) is 0.0420. The van der Waals surface area contributed by atoms with Crippen molar-refractivity contribution in [2.75, 3.05) is 0 Å². The first-order valence-corrected chi connectivity index (χ1v) is 7.04. The molecule has 0 unspecified atom stereocenters. The maximum atomic E-state index is 11.1. The highest BCUT2D eigenvalue weighted by Gasteiger charge is 2.14. The van der Waals surface area contributed by atoms with Gasteiger partial charge in [-0.3, -0.25) is 9.78 Å². The van der Waals surface area contributed by atoms with Crippen LogP contribution < -0.4 is 0 Å². The molecule has 3 heteroatoms. The number of carboxylic acids is 1. The Kier molecular flexibility index (Phi) is 4.07. The Labute approximate surface area is 119 Å². The van der Waals surface area contributed by atoms with Crippen molar-refractivity contribution in [1.29, 1.82) is 0 Å². The number of hydrogen-bond donors (Lipinski definition) is 1. The van der Waals surface area contributed by atoms with Gasteiger partial charge in [-0.2, -0.15) is 0 Å². The van der Waals surface area contributed by atoms with Crippen LogP contribution >= 0.6 is 0 Å². The van der Waals surface area contributed by atoms with Crippen molar-refractivity contribution in [2.24, 2.45) is 0 Å². The van der Waals surface area contributed by atoms with Crippen LogP contribution in [0.15, 0.2) is 24.3 Å². The van der Waals surface area contributed by atoms with Crippen molar-refractivity contribution in [3.8, 4) is 0 Å². The number of nitrogens with zero attached hydrogens (tertiary/aromatic N) is 1. The number of aliphatic carboxylic acids is 1. The Hall–Kier alpha value is -1.90. The lowest BCUT2D eigenvalue weighted by Gasteiger charge is -2.15. The summed E-state index contributed by atoms with van der Waals surface area (Å²) in [5.74, 6) is -0.152. The molecule has 1 aromatic heterocycles. The fraction of sp³-hybridized carbons (Fsp3) is 0.412. The van der Waals surface area contributed by atoms with Crippen LogP contribution in [0, 0.1) is 0 Å². The third kappa shape index (κ3) is 2.82. The second-order valence-electron chi connectivity index (χ2n) is 5.83. The van der Waals surface area contributed by atoms with Crippen LogP contribution in [-0.4, -0.2) is 16.1 Å². The number of rotatable bonds is 4. The van der Waals surface area contributed by atoms with Crippen molar-refractivity contribution in [2.45, 2.75) is 46.0 Å². The minimum atomic E-state index is -0.804. The molecule has 0 saturated carbocycles. The second-order valence-corrected chi connectivity index (χ2v) is 5.83. The van der Waals surface area contributed by atoms with Gasteiger partial charge in [-0.05, 0) is 29.0 Å². The zero-order chi connectivity index (χ0) is 14.9. The summed E-state index contributed by atoms with van der Waals surface area (Å²) in [4.78, 5) is 15.9. The monoisotopic (exact) mass is 271 g/mol. The van der Waals surface area contributed by atoms with Crippen molar-refractivity contribution in [3.63, 3.8) is 0 Å². The molecule has 106 valence electrons. The van der Waals surface area contributed by atoms with Crippen LogP contribution in [0.4, 0.5) is 0 Å². The number of aromatic nitrogens is 1. The number of hydrogen-bond acceptors (Lipinski definition) is 2. The van der Waals surface area contributed by atoms with Gasteiger partial charge in [0.1, 0.15) is 0 Å². The van der Waals surface area contributed by atoms with Crippen LogP contribution in [0.5, 0.6) is 0 Å². The summed E-state index contributed by atoms with van der Waals surface area (Å²) in [5, 5.41) is 10.1. The Bertz CT molecular complexity index is 645. The van der Waals surface area contributed by atoms with Crippen LogP contribution in [0.3, 0.4) is 0 Å². The van der Waals surface area contributed by atoms with E-state index in [-0.39, 0.29) is 12.3 Å². The molecule has 0 radical (unpaired) electrons. The number of para-hydroxylation sites is 1. The van der Waals surface area contributed by atoms with Crippen molar-refractivity contribution in [1.82, 2.24) is 4.98 Å². The zero-order valence-electron chi connectivity index (χ0n) is 12.5. The van der Waals surface area contributed by atoms with E-state index in [1.165, 1.54) is 5.56 Å². The molecule has 0 atom stereocenters. The Morgan fingerprint density at radius 1 is 1.20 bits per heavy atom. The maximum Gasteiger partial charge on any atom is 0.307 e. The van der Waals surface area contributed by atoms with E-state index >= 15 is 0 Å². The van der Waals surface area contributed by atoms with Crippen LogP contribution in [-0.2, 0) is 11.2 Å². The highest BCUT2D eigenvalue weighted by atomic mass is 16.4. The van der Waals surface area contributed by atoms with Gasteiger partial charge in [-0.25, -0.2) is 0 Å². The molecule has 2 aromatic rings. The van der Waals surface area contributed by atoms with E-state index in [1.807, 2.05) is 18.2 Å². The summed E-state index contributed by atoms with van der Waals surface area (Å²) >= 11 is 0. The van der Waals surface area contributed by atoms with Gasteiger partial charge in [0.05, 0.1) is 11.9 Å². The molecular formula is C17H21NO2. The van der Waals surface area contributed by atoms with Crippen LogP contribution in [0.25, 0.3) is 10.9 Å². The Morgan fingerprint density at radius 2 is 1.90 bits per heavy atom. The first-order valence-electron chi connectivity index (χ1n) is 7.04. The van der Waals surface area contributed by atoms with E-state index in [1.54, 1.807) is 0 Å². The van der Waals surface area contributed by atoms with Gasteiger partial charge in [0.25, 0.3) is 0 Å². The maximum absolute atomic E-state index is 11.1. The minimum absolute atomic E-state index is 0.0420. The highest BCUT2D eigenvalue weighted by Crippen LogP contribution is 2.29. The van der Waals surface area contributed by atoms with E-state index in [0.717, 1.165) is 22.2 Å². The van der Waals surface area contributed by atoms with Gasteiger partial charge in [-0.1, -0.05) is 45.9 Å². The van der Waals surface area contributed by atoms with Crippen molar-refractivity contribution >= 4 is 16.9 Å². The van der Waals surface area contributed by atoms with Crippen molar-refractivity contribution < 1.29 is 9.90 Å². The molecule has 0 amide bonds. The van der Waals surface area contributed by atoms with Gasteiger partial charge >= 0.3 is 5.97 Å². The number of pyridine rings is 1. The molecule has 0 spiro atoms. The molecule has 20 heavy (non-hydrogen) atoms. The minimum Gasteiger partial charge on any atom is -0.481 e. The topological polar surface area (TPSA) is 50.2 Å². The molecule has 0 fully saturated rings. The highest BCUT2D eigenvalue weighted by molar-refractivity contribution is 5.88. The quantitative estimate of drug-likeness (QED) is 0.910. The molecular weight excluding hydrogens is 250 g/mol. The average Bonchev–Trinajstić information content (AvgIpc) is 2.36. The summed E-state index contributed by atoms with van der Waals surface area (Å²) in [5.41, 5.74) is 3.94. The fourth-order valence-corrected chi connectivity index (χ4v) is 2.43. The smallest absolute Gasteiger partial charge is 0.307 e. The van der Waals surface area contributed by atoms with Crippen LogP contribution in [0.1, 0.15) is 56.4 Å². The van der Waals surface area contributed by atoms with Gasteiger partial charge in [0.15, 0.2) is 0 Å². The number of fused-ring (bicyclic) bond motifs is 1. The lowest BCUT2D eigenvalue weighted by molar-refractivity contribution is -0.136. The Balaban J connectivity index is 2.76. The zero-order valence-corrected chi connectivity index (χ0v) is 12.5. The van der Waals surface area contributed by atoms with Gasteiger partial charge < -0.3 is 5.11 Å². The SMILES string of the molecule is CC(C)c1cc(CC(=O)O)c2cccc(C(C)C)c2n1. The molecule has 0 saturated heterocycles. The van der Waals surface area contributed by atoms with Crippen molar-refractivity contribution in [3.05, 3.63) is 41.1 Å². The lowest BCUT2D eigenvalue weighted by Crippen LogP contribution is -2.05. The van der Waals surface area contributed by atoms with E-state index in [9.17, 15) is 4.79 Å². The van der Waals surface area contributed by atoms with E-state index in [0.29, 0.717) is 5.92 Å². The van der Waals surface area contributed by atoms with E-state index in [4.69, 9.17) is 10.1 Å². The molecule has 1 aromatic carbocycles. The third-order valence-electron chi connectivity index (χ3n) is 3.53. The van der Waals surface area contributed by atoms with Gasteiger partial charge in [0.2, 0.25) is 0 Å². The van der Waals surface area contributed by atoms with Gasteiger partial charge in [-0.15, -0.1) is 0 Å². The normalized spacial score (nSPS) is 11.5. The molecule has 0 bridgehead atoms. The number of carboxylic acid groups (broad SMARTS) is 1. The fourth-order valence-electron chi connectivity index (χ4n) is 2.43. The predicted molar refractivity (Wildman–Crippen MR) is 81.3 cm³/mol. The second kappa shape index (κ2) is 5.61. The standard InChI is InChI=1S/C17H21NO2/c1-10(2)13-6-5-7-14-12(9-16(19)20)8-15(11(3)4)18-17(13)14/h5-8,10-11H,9H2,1-4H3,(H,19,20). The average molecular weight is 271 g/mol. The molecule has 2 rings (SSSR count). The first-order chi connectivity index (χ1) is 9.40. The van der Waals surface area contributed by atoms with Crippen LogP contribution in [0.2, 0.25) is 0 Å². The third-order valence-corrected chi connectivity index (χ3v) is 3.53. The van der Waals surface area contributed by atoms with E-state index < -0.39 is 5.97 Å². The molecule has 3 nitrogen and oxygen atoms in total. The molecule has 0 aliphatic carbocycles. The largest absolute Gasteiger partial charge is 0.481 e. The predicted octanol–water partition coefficient (Wildman–Crippen LogP) is 4.11. The summed E-state index contributed by atoms with van der Waals surface area (Å²) in [6.45, 7) is 8.43. The number of benzene rings is 1. The molecule has 0 aliphatic heterocycles. The summed E-state index contributed by atoms with van der Waals surface area (Å²) < 4.78 is 0. The lowest BCUT2D eigenvalue weighted by atomic mass is 9.95. The summed E-state index contributed by atoms with van der Waals surface area (Å²) in [6, 6.07) is 7.97. The summed E-state index contributed by atoms with van der Waals surface area (Å²) in [7, 11) is 0. The molecule has 1 heterocycles. The molecule has 0 aliphatic rings. The number of carbonyl (C=O) groups is 1. The Morgan fingerprint density at radius 3 is 2.45 bits per heavy atom.